The van der Waals surface area contributed by atoms with Crippen LogP contribution < -0.4 is 10.5 Å². The van der Waals surface area contributed by atoms with Crippen molar-refractivity contribution in [3.63, 3.8) is 0 Å². The molecular weight excluding hydrogens is 258 g/mol. The number of hydrogen-bond acceptors (Lipinski definition) is 7. The van der Waals surface area contributed by atoms with Gasteiger partial charge >= 0.3 is 0 Å². The number of nitrogens with zero attached hydrogens (tertiary/aromatic N) is 3. The first-order chi connectivity index (χ1) is 8.47. The minimum atomic E-state index is -3.68. The number of aryl methyl sites for hydroxylation is 1. The zero-order valence-corrected chi connectivity index (χ0v) is 10.3. The molecule has 0 spiro atoms. The van der Waals surface area contributed by atoms with Gasteiger partial charge in [0.05, 0.1) is 24.6 Å². The Bertz CT molecular complexity index is 634. The highest BCUT2D eigenvalue weighted by Crippen LogP contribution is 2.08. The molecule has 2 heterocycles. The molecule has 2 aromatic rings. The van der Waals surface area contributed by atoms with Crippen molar-refractivity contribution >= 4 is 16.0 Å². The molecule has 0 saturated heterocycles. The van der Waals surface area contributed by atoms with Crippen LogP contribution >= 0.6 is 0 Å². The zero-order chi connectivity index (χ0) is 13.2. The number of nitrogen functional groups attached to an aromatic ring is 1. The van der Waals surface area contributed by atoms with Gasteiger partial charge in [-0.05, 0) is 6.92 Å². The summed E-state index contributed by atoms with van der Waals surface area (Å²) in [7, 11) is -3.68. The van der Waals surface area contributed by atoms with Crippen LogP contribution in [-0.2, 0) is 16.6 Å². The summed E-state index contributed by atoms with van der Waals surface area (Å²) in [6, 6.07) is 1.64. The Morgan fingerprint density at radius 3 is 2.61 bits per heavy atom. The average Bonchev–Trinajstić information content (AvgIpc) is 2.73. The molecule has 2 aromatic heterocycles. The van der Waals surface area contributed by atoms with E-state index in [9.17, 15) is 8.42 Å². The van der Waals surface area contributed by atoms with E-state index in [4.69, 9.17) is 10.3 Å². The third-order valence-corrected chi connectivity index (χ3v) is 3.43. The van der Waals surface area contributed by atoms with Crippen LogP contribution in [0.1, 0.15) is 11.5 Å². The number of nitrogens with two attached hydrogens (primary N) is 1. The van der Waals surface area contributed by atoms with Gasteiger partial charge in [0.2, 0.25) is 16.0 Å². The molecule has 0 radical (unpaired) electrons. The number of sulfonamides is 1. The SMILES string of the molecule is Cc1cc(CNS(=O)(=O)c2cnc(N)nc2)on1. The fourth-order valence-electron chi connectivity index (χ4n) is 1.21. The summed E-state index contributed by atoms with van der Waals surface area (Å²) in [5, 5.41) is 3.65. The molecule has 0 aliphatic carbocycles. The smallest absolute Gasteiger partial charge is 0.244 e. The lowest BCUT2D eigenvalue weighted by Crippen LogP contribution is -2.23. The van der Waals surface area contributed by atoms with Crippen LogP contribution in [0.2, 0.25) is 0 Å². The van der Waals surface area contributed by atoms with Crippen molar-refractivity contribution < 1.29 is 12.9 Å². The fourth-order valence-corrected chi connectivity index (χ4v) is 2.10. The summed E-state index contributed by atoms with van der Waals surface area (Å²) < 4.78 is 30.9. The van der Waals surface area contributed by atoms with E-state index in [0.29, 0.717) is 11.5 Å². The van der Waals surface area contributed by atoms with E-state index in [-0.39, 0.29) is 17.4 Å². The Hall–Kier alpha value is -2.00. The second kappa shape index (κ2) is 4.70. The van der Waals surface area contributed by atoms with E-state index < -0.39 is 10.0 Å². The molecule has 0 fully saturated rings. The topological polar surface area (TPSA) is 124 Å². The maximum absolute atomic E-state index is 11.8. The number of anilines is 1. The summed E-state index contributed by atoms with van der Waals surface area (Å²) in [5.74, 6) is 0.437. The van der Waals surface area contributed by atoms with Crippen LogP contribution in [0.5, 0.6) is 0 Å². The molecule has 8 nitrogen and oxygen atoms in total. The van der Waals surface area contributed by atoms with Gasteiger partial charge in [-0.3, -0.25) is 0 Å². The molecule has 3 N–H and O–H groups in total. The molecular formula is C9H11N5O3S. The van der Waals surface area contributed by atoms with Crippen molar-refractivity contribution in [3.8, 4) is 0 Å². The standard InChI is InChI=1S/C9H11N5O3S/c1-6-2-7(17-14-6)3-13-18(15,16)8-4-11-9(10)12-5-8/h2,4-5,13H,3H2,1H3,(H2,10,11,12). The third kappa shape index (κ3) is 2.81. The maximum atomic E-state index is 11.8. The summed E-state index contributed by atoms with van der Waals surface area (Å²) in [6.07, 6.45) is 2.27. The highest BCUT2D eigenvalue weighted by atomic mass is 32.2. The van der Waals surface area contributed by atoms with Gasteiger partial charge in [-0.25, -0.2) is 23.1 Å². The average molecular weight is 269 g/mol. The van der Waals surface area contributed by atoms with Crippen molar-refractivity contribution in [2.45, 2.75) is 18.4 Å². The first kappa shape index (κ1) is 12.5. The van der Waals surface area contributed by atoms with Crippen molar-refractivity contribution in [2.24, 2.45) is 0 Å². The van der Waals surface area contributed by atoms with Crippen molar-refractivity contribution in [1.29, 1.82) is 0 Å². The predicted octanol–water partition coefficient (Wildman–Crippen LogP) is -0.166. The molecule has 0 atom stereocenters. The van der Waals surface area contributed by atoms with Gasteiger partial charge < -0.3 is 10.3 Å². The van der Waals surface area contributed by atoms with Gasteiger partial charge in [0, 0.05) is 6.07 Å². The Morgan fingerprint density at radius 2 is 2.06 bits per heavy atom. The third-order valence-electron chi connectivity index (χ3n) is 2.07. The molecule has 2 rings (SSSR count). The molecule has 0 bridgehead atoms. The molecule has 0 saturated carbocycles. The summed E-state index contributed by atoms with van der Waals surface area (Å²) in [4.78, 5) is 7.17. The van der Waals surface area contributed by atoms with Crippen LogP contribution in [0.25, 0.3) is 0 Å². The molecule has 0 aliphatic rings. The van der Waals surface area contributed by atoms with Crippen LogP contribution in [0.15, 0.2) is 27.9 Å². The molecule has 0 aliphatic heterocycles. The first-order valence-corrected chi connectivity index (χ1v) is 6.45. The lowest BCUT2D eigenvalue weighted by molar-refractivity contribution is 0.377. The molecule has 0 amide bonds. The zero-order valence-electron chi connectivity index (χ0n) is 9.49. The maximum Gasteiger partial charge on any atom is 0.244 e. The Balaban J connectivity index is 2.10. The minimum absolute atomic E-state index is 0.00749. The summed E-state index contributed by atoms with van der Waals surface area (Å²) in [6.45, 7) is 1.75. The van der Waals surface area contributed by atoms with Crippen LogP contribution in [-0.4, -0.2) is 23.5 Å². The van der Waals surface area contributed by atoms with Crippen molar-refractivity contribution in [2.75, 3.05) is 5.73 Å². The number of hydrogen-bond donors (Lipinski definition) is 2. The van der Waals surface area contributed by atoms with E-state index in [2.05, 4.69) is 19.8 Å². The first-order valence-electron chi connectivity index (χ1n) is 4.97. The van der Waals surface area contributed by atoms with Gasteiger partial charge in [0.15, 0.2) is 5.76 Å². The van der Waals surface area contributed by atoms with Gasteiger partial charge in [-0.2, -0.15) is 0 Å². The quantitative estimate of drug-likeness (QED) is 0.789. The largest absolute Gasteiger partial charge is 0.368 e. The number of aromatic nitrogens is 3. The highest BCUT2D eigenvalue weighted by Gasteiger charge is 2.15. The number of nitrogens with one attached hydrogen (secondary N) is 1. The van der Waals surface area contributed by atoms with Crippen molar-refractivity contribution in [1.82, 2.24) is 19.8 Å². The van der Waals surface area contributed by atoms with Gasteiger partial charge in [0.1, 0.15) is 4.90 Å². The normalized spacial score (nSPS) is 11.6. The molecule has 0 unspecified atom stereocenters. The Labute approximate surface area is 103 Å². The predicted molar refractivity (Wildman–Crippen MR) is 61.7 cm³/mol. The minimum Gasteiger partial charge on any atom is -0.368 e. The van der Waals surface area contributed by atoms with E-state index in [1.54, 1.807) is 13.0 Å². The van der Waals surface area contributed by atoms with Gasteiger partial charge in [-0.15, -0.1) is 0 Å². The van der Waals surface area contributed by atoms with Crippen LogP contribution in [0.3, 0.4) is 0 Å². The molecule has 18 heavy (non-hydrogen) atoms. The lowest BCUT2D eigenvalue weighted by atomic mass is 10.4. The lowest BCUT2D eigenvalue weighted by Gasteiger charge is -2.03. The Kier molecular flexibility index (Phi) is 3.26. The van der Waals surface area contributed by atoms with E-state index in [1.807, 2.05) is 0 Å². The molecule has 96 valence electrons. The number of rotatable bonds is 4. The summed E-state index contributed by atoms with van der Waals surface area (Å²) >= 11 is 0. The van der Waals surface area contributed by atoms with Crippen LogP contribution in [0, 0.1) is 6.92 Å². The second-order valence-electron chi connectivity index (χ2n) is 3.54. The van der Waals surface area contributed by atoms with E-state index >= 15 is 0 Å². The second-order valence-corrected chi connectivity index (χ2v) is 5.30. The van der Waals surface area contributed by atoms with E-state index in [0.717, 1.165) is 12.4 Å². The monoisotopic (exact) mass is 269 g/mol. The summed E-state index contributed by atoms with van der Waals surface area (Å²) in [5.41, 5.74) is 5.96. The van der Waals surface area contributed by atoms with Crippen molar-refractivity contribution in [3.05, 3.63) is 29.9 Å². The fraction of sp³-hybridized carbons (Fsp3) is 0.222. The van der Waals surface area contributed by atoms with Gasteiger partial charge in [-0.1, -0.05) is 5.16 Å². The Morgan fingerprint density at radius 1 is 1.39 bits per heavy atom. The molecule has 9 heteroatoms. The van der Waals surface area contributed by atoms with E-state index in [1.165, 1.54) is 0 Å². The van der Waals surface area contributed by atoms with Gasteiger partial charge in [0.25, 0.3) is 0 Å². The molecule has 0 aromatic carbocycles. The van der Waals surface area contributed by atoms with Crippen LogP contribution in [0.4, 0.5) is 5.95 Å². The highest BCUT2D eigenvalue weighted by molar-refractivity contribution is 7.89.